The van der Waals surface area contributed by atoms with E-state index in [1.54, 1.807) is 0 Å². The van der Waals surface area contributed by atoms with Gasteiger partial charge in [-0.1, -0.05) is 61.5 Å². The van der Waals surface area contributed by atoms with E-state index in [1.807, 2.05) is 30.3 Å². The molecule has 1 aliphatic rings. The number of hydrogen-bond acceptors (Lipinski definition) is 3. The normalized spacial score (nSPS) is 20.7. The number of benzene rings is 2. The quantitative estimate of drug-likeness (QED) is 0.810. The van der Waals surface area contributed by atoms with Crippen LogP contribution < -0.4 is 0 Å². The number of aryl methyl sites for hydroxylation is 1. The Morgan fingerprint density at radius 1 is 1.12 bits per heavy atom. The van der Waals surface area contributed by atoms with E-state index in [0.29, 0.717) is 13.2 Å². The lowest BCUT2D eigenvalue weighted by atomic mass is 9.97. The second kappa shape index (κ2) is 9.31. The minimum Gasteiger partial charge on any atom is -0.389 e. The van der Waals surface area contributed by atoms with Crippen molar-refractivity contribution in [3.63, 3.8) is 0 Å². The third-order valence-corrected chi connectivity index (χ3v) is 5.24. The standard InChI is InChI=1S/C23H31NO2/c1-18-9-8-14-24(15-18)16-21(25)17-26-23(20-11-4-3-5-12-20)22-13-7-6-10-19(22)2/h3-7,10-13,18,21,23,25H,8-9,14-17H2,1-2H3/t18-,21+,23-/m1/s1. The van der Waals surface area contributed by atoms with Crippen LogP contribution in [0.1, 0.15) is 42.6 Å². The molecule has 1 heterocycles. The minimum atomic E-state index is -0.462. The van der Waals surface area contributed by atoms with Gasteiger partial charge in [0.25, 0.3) is 0 Å². The van der Waals surface area contributed by atoms with E-state index in [-0.39, 0.29) is 6.10 Å². The summed E-state index contributed by atoms with van der Waals surface area (Å²) in [5.74, 6) is 0.723. The van der Waals surface area contributed by atoms with Gasteiger partial charge in [-0.3, -0.25) is 0 Å². The summed E-state index contributed by atoms with van der Waals surface area (Å²) in [7, 11) is 0. The highest BCUT2D eigenvalue weighted by Gasteiger charge is 2.21. The molecule has 0 saturated carbocycles. The maximum Gasteiger partial charge on any atom is 0.108 e. The van der Waals surface area contributed by atoms with Gasteiger partial charge in [0.1, 0.15) is 6.10 Å². The predicted molar refractivity (Wildman–Crippen MR) is 106 cm³/mol. The Bertz CT molecular complexity index is 673. The first-order valence-corrected chi connectivity index (χ1v) is 9.76. The zero-order chi connectivity index (χ0) is 18.4. The van der Waals surface area contributed by atoms with Crippen LogP contribution in [-0.4, -0.2) is 42.4 Å². The van der Waals surface area contributed by atoms with E-state index in [9.17, 15) is 5.11 Å². The summed E-state index contributed by atoms with van der Waals surface area (Å²) in [4.78, 5) is 2.37. The van der Waals surface area contributed by atoms with Crippen molar-refractivity contribution < 1.29 is 9.84 Å². The van der Waals surface area contributed by atoms with Gasteiger partial charge in [0, 0.05) is 13.1 Å². The first-order chi connectivity index (χ1) is 12.6. The fourth-order valence-corrected chi connectivity index (χ4v) is 3.88. The number of aliphatic hydroxyl groups is 1. The highest BCUT2D eigenvalue weighted by Crippen LogP contribution is 2.28. The van der Waals surface area contributed by atoms with Crippen LogP contribution in [0.2, 0.25) is 0 Å². The Kier molecular flexibility index (Phi) is 6.84. The Labute approximate surface area is 157 Å². The largest absolute Gasteiger partial charge is 0.389 e. The molecule has 26 heavy (non-hydrogen) atoms. The summed E-state index contributed by atoms with van der Waals surface area (Å²) in [6, 6.07) is 18.6. The van der Waals surface area contributed by atoms with Gasteiger partial charge in [0.15, 0.2) is 0 Å². The molecule has 3 nitrogen and oxygen atoms in total. The fraction of sp³-hybridized carbons (Fsp3) is 0.478. The van der Waals surface area contributed by atoms with E-state index in [1.165, 1.54) is 18.4 Å². The molecule has 1 saturated heterocycles. The van der Waals surface area contributed by atoms with Crippen molar-refractivity contribution in [1.82, 2.24) is 4.90 Å². The van der Waals surface area contributed by atoms with E-state index in [4.69, 9.17) is 4.74 Å². The highest BCUT2D eigenvalue weighted by atomic mass is 16.5. The minimum absolute atomic E-state index is 0.146. The van der Waals surface area contributed by atoms with Gasteiger partial charge in [-0.05, 0) is 48.9 Å². The van der Waals surface area contributed by atoms with Crippen LogP contribution in [0.3, 0.4) is 0 Å². The van der Waals surface area contributed by atoms with Crippen LogP contribution in [0.15, 0.2) is 54.6 Å². The van der Waals surface area contributed by atoms with Crippen molar-refractivity contribution in [2.75, 3.05) is 26.2 Å². The van der Waals surface area contributed by atoms with Crippen LogP contribution in [0, 0.1) is 12.8 Å². The van der Waals surface area contributed by atoms with Gasteiger partial charge in [-0.15, -0.1) is 0 Å². The summed E-state index contributed by atoms with van der Waals surface area (Å²) >= 11 is 0. The average molecular weight is 354 g/mol. The molecule has 0 spiro atoms. The molecule has 1 fully saturated rings. The lowest BCUT2D eigenvalue weighted by Gasteiger charge is -2.32. The molecule has 0 bridgehead atoms. The number of likely N-dealkylation sites (tertiary alicyclic amines) is 1. The molecule has 3 atom stereocenters. The Morgan fingerprint density at radius 3 is 2.58 bits per heavy atom. The van der Waals surface area contributed by atoms with Crippen molar-refractivity contribution in [2.24, 2.45) is 5.92 Å². The summed E-state index contributed by atoms with van der Waals surface area (Å²) in [6.07, 6.45) is 1.92. The molecular weight excluding hydrogens is 322 g/mol. The first kappa shape index (κ1) is 19.1. The molecule has 1 N–H and O–H groups in total. The lowest BCUT2D eigenvalue weighted by Crippen LogP contribution is -2.41. The van der Waals surface area contributed by atoms with Crippen molar-refractivity contribution in [3.05, 3.63) is 71.3 Å². The van der Waals surface area contributed by atoms with Crippen LogP contribution >= 0.6 is 0 Å². The van der Waals surface area contributed by atoms with Crippen molar-refractivity contribution >= 4 is 0 Å². The number of ether oxygens (including phenoxy) is 1. The maximum atomic E-state index is 10.5. The number of hydrogen-bond donors (Lipinski definition) is 1. The molecule has 3 rings (SSSR count). The Morgan fingerprint density at radius 2 is 1.85 bits per heavy atom. The third kappa shape index (κ3) is 5.16. The Balaban J connectivity index is 1.65. The average Bonchev–Trinajstić information content (AvgIpc) is 2.64. The van der Waals surface area contributed by atoms with Gasteiger partial charge in [-0.2, -0.15) is 0 Å². The van der Waals surface area contributed by atoms with Crippen molar-refractivity contribution in [1.29, 1.82) is 0 Å². The molecule has 0 unspecified atom stereocenters. The fourth-order valence-electron chi connectivity index (χ4n) is 3.88. The smallest absolute Gasteiger partial charge is 0.108 e. The Hall–Kier alpha value is -1.68. The second-order valence-electron chi connectivity index (χ2n) is 7.64. The predicted octanol–water partition coefficient (Wildman–Crippen LogP) is 4.19. The molecule has 2 aromatic carbocycles. The van der Waals surface area contributed by atoms with Crippen LogP contribution in [0.25, 0.3) is 0 Å². The first-order valence-electron chi connectivity index (χ1n) is 9.76. The summed E-state index contributed by atoms with van der Waals surface area (Å²) in [6.45, 7) is 7.61. The summed E-state index contributed by atoms with van der Waals surface area (Å²) < 4.78 is 6.25. The topological polar surface area (TPSA) is 32.7 Å². The van der Waals surface area contributed by atoms with Gasteiger partial charge >= 0.3 is 0 Å². The van der Waals surface area contributed by atoms with E-state index < -0.39 is 6.10 Å². The van der Waals surface area contributed by atoms with Crippen LogP contribution in [-0.2, 0) is 4.74 Å². The third-order valence-electron chi connectivity index (χ3n) is 5.24. The van der Waals surface area contributed by atoms with E-state index in [2.05, 4.69) is 43.0 Å². The van der Waals surface area contributed by atoms with Crippen LogP contribution in [0.5, 0.6) is 0 Å². The molecule has 1 aliphatic heterocycles. The molecule has 0 amide bonds. The number of β-amino-alcohol motifs (C(OH)–C–C–N with tert-alkyl or cyclic N) is 1. The maximum absolute atomic E-state index is 10.5. The molecule has 0 aromatic heterocycles. The second-order valence-corrected chi connectivity index (χ2v) is 7.64. The summed E-state index contributed by atoms with van der Waals surface area (Å²) in [5.41, 5.74) is 3.50. The molecule has 2 aromatic rings. The van der Waals surface area contributed by atoms with E-state index >= 15 is 0 Å². The zero-order valence-corrected chi connectivity index (χ0v) is 16.0. The number of piperidine rings is 1. The molecule has 0 aliphatic carbocycles. The van der Waals surface area contributed by atoms with Gasteiger partial charge < -0.3 is 14.7 Å². The van der Waals surface area contributed by atoms with Crippen molar-refractivity contribution in [2.45, 2.75) is 38.9 Å². The highest BCUT2D eigenvalue weighted by molar-refractivity contribution is 5.35. The lowest BCUT2D eigenvalue weighted by molar-refractivity contribution is -0.0131. The van der Waals surface area contributed by atoms with Crippen molar-refractivity contribution in [3.8, 4) is 0 Å². The molecule has 3 heteroatoms. The monoisotopic (exact) mass is 353 g/mol. The van der Waals surface area contributed by atoms with Gasteiger partial charge in [0.05, 0.1) is 12.7 Å². The molecule has 0 radical (unpaired) electrons. The number of nitrogens with zero attached hydrogens (tertiary/aromatic N) is 1. The zero-order valence-electron chi connectivity index (χ0n) is 16.0. The SMILES string of the molecule is Cc1ccccc1[C@H](OC[C@@H](O)CN1CCC[C@@H](C)C1)c1ccccc1. The number of rotatable bonds is 7. The van der Waals surface area contributed by atoms with Gasteiger partial charge in [0.2, 0.25) is 0 Å². The molecular formula is C23H31NO2. The van der Waals surface area contributed by atoms with Gasteiger partial charge in [-0.25, -0.2) is 0 Å². The molecule has 140 valence electrons. The van der Waals surface area contributed by atoms with Crippen LogP contribution in [0.4, 0.5) is 0 Å². The summed E-state index contributed by atoms with van der Waals surface area (Å²) in [5, 5.41) is 10.5. The van der Waals surface area contributed by atoms with E-state index in [0.717, 1.165) is 30.1 Å². The number of aliphatic hydroxyl groups excluding tert-OH is 1.